The van der Waals surface area contributed by atoms with Crippen LogP contribution in [0.5, 0.6) is 0 Å². The summed E-state index contributed by atoms with van der Waals surface area (Å²) in [6, 6.07) is 5.86. The van der Waals surface area contributed by atoms with Gasteiger partial charge in [0.1, 0.15) is 11.3 Å². The molecule has 2 amide bonds. The maximum absolute atomic E-state index is 12.1. The van der Waals surface area contributed by atoms with Crippen LogP contribution in [0, 0.1) is 6.92 Å². The summed E-state index contributed by atoms with van der Waals surface area (Å²) in [6.07, 6.45) is 2.86. The van der Waals surface area contributed by atoms with Gasteiger partial charge in [0, 0.05) is 30.9 Å². The minimum Gasteiger partial charge on any atom is -0.354 e. The Hall–Kier alpha value is -2.37. The summed E-state index contributed by atoms with van der Waals surface area (Å²) in [5, 5.41) is 5.59. The van der Waals surface area contributed by atoms with Gasteiger partial charge in [-0.3, -0.25) is 9.59 Å². The van der Waals surface area contributed by atoms with Crippen molar-refractivity contribution in [2.24, 2.45) is 0 Å². The summed E-state index contributed by atoms with van der Waals surface area (Å²) in [4.78, 5) is 28.0. The Morgan fingerprint density at radius 3 is 2.82 bits per heavy atom. The highest BCUT2D eigenvalue weighted by atomic mass is 16.2. The molecule has 0 bridgehead atoms. The van der Waals surface area contributed by atoms with Gasteiger partial charge < -0.3 is 15.0 Å². The number of hydrogen-bond acceptors (Lipinski definition) is 3. The Morgan fingerprint density at radius 1 is 1.36 bits per heavy atom. The Balaban J connectivity index is 1.89. The fourth-order valence-electron chi connectivity index (χ4n) is 2.09. The lowest BCUT2D eigenvalue weighted by Gasteiger charge is -2.11. The molecule has 2 rings (SSSR count). The predicted molar refractivity (Wildman–Crippen MR) is 84.8 cm³/mol. The molecule has 2 aromatic rings. The van der Waals surface area contributed by atoms with E-state index in [0.717, 1.165) is 17.8 Å². The normalized spacial score (nSPS) is 12.1. The monoisotopic (exact) mass is 302 g/mol. The molecule has 1 atom stereocenters. The molecule has 2 aromatic heterocycles. The number of amides is 2. The summed E-state index contributed by atoms with van der Waals surface area (Å²) >= 11 is 0. The molecule has 0 radical (unpaired) electrons. The van der Waals surface area contributed by atoms with E-state index in [1.54, 1.807) is 6.20 Å². The third kappa shape index (κ3) is 3.84. The van der Waals surface area contributed by atoms with Crippen molar-refractivity contribution in [2.75, 3.05) is 6.54 Å². The number of aromatic nitrogens is 2. The highest BCUT2D eigenvalue weighted by Gasteiger charge is 2.12. The third-order valence-electron chi connectivity index (χ3n) is 3.59. The number of fused-ring (bicyclic) bond motifs is 1. The van der Waals surface area contributed by atoms with Gasteiger partial charge >= 0.3 is 0 Å². The zero-order chi connectivity index (χ0) is 16.1. The van der Waals surface area contributed by atoms with Gasteiger partial charge in [-0.05, 0) is 32.4 Å². The molecular formula is C16H22N4O2. The molecule has 6 heteroatoms. The minimum atomic E-state index is -0.264. The van der Waals surface area contributed by atoms with E-state index in [1.165, 1.54) is 0 Å². The summed E-state index contributed by atoms with van der Waals surface area (Å²) < 4.78 is 1.87. The first-order valence-electron chi connectivity index (χ1n) is 7.53. The van der Waals surface area contributed by atoms with Crippen LogP contribution in [-0.4, -0.2) is 33.8 Å². The quantitative estimate of drug-likeness (QED) is 0.852. The fraction of sp³-hybridized carbons (Fsp3) is 0.438. The molecule has 6 nitrogen and oxygen atoms in total. The second kappa shape index (κ2) is 7.06. The van der Waals surface area contributed by atoms with Gasteiger partial charge in [0.15, 0.2) is 0 Å². The van der Waals surface area contributed by atoms with E-state index < -0.39 is 0 Å². The molecule has 118 valence electrons. The Labute approximate surface area is 129 Å². The Morgan fingerprint density at radius 2 is 2.14 bits per heavy atom. The van der Waals surface area contributed by atoms with Crippen LogP contribution in [0.1, 0.15) is 42.9 Å². The van der Waals surface area contributed by atoms with Crippen LogP contribution < -0.4 is 10.6 Å². The van der Waals surface area contributed by atoms with Crippen molar-refractivity contribution < 1.29 is 9.59 Å². The zero-order valence-corrected chi connectivity index (χ0v) is 13.2. The molecule has 0 aliphatic heterocycles. The van der Waals surface area contributed by atoms with Crippen molar-refractivity contribution in [1.82, 2.24) is 20.0 Å². The van der Waals surface area contributed by atoms with E-state index in [4.69, 9.17) is 0 Å². The van der Waals surface area contributed by atoms with E-state index in [9.17, 15) is 9.59 Å². The first kappa shape index (κ1) is 16.0. The summed E-state index contributed by atoms with van der Waals surface area (Å²) in [5.74, 6) is -0.320. The lowest BCUT2D eigenvalue weighted by Crippen LogP contribution is -2.35. The molecular weight excluding hydrogens is 280 g/mol. The first-order valence-corrected chi connectivity index (χ1v) is 7.53. The van der Waals surface area contributed by atoms with Crippen molar-refractivity contribution in [3.63, 3.8) is 0 Å². The average molecular weight is 302 g/mol. The number of aryl methyl sites for hydroxylation is 1. The smallest absolute Gasteiger partial charge is 0.271 e. The lowest BCUT2D eigenvalue weighted by atomic mass is 10.2. The standard InChI is InChI=1S/C16H22N4O2/c1-4-11(2)18-15(21)8-9-17-16(22)13-10-20-12(3)6-5-7-14(20)19-13/h5-7,10-11H,4,8-9H2,1-3H3,(H,17,22)(H,18,21). The summed E-state index contributed by atoms with van der Waals surface area (Å²) in [6.45, 7) is 6.22. The average Bonchev–Trinajstić information content (AvgIpc) is 2.92. The maximum atomic E-state index is 12.1. The number of pyridine rings is 1. The fourth-order valence-corrected chi connectivity index (χ4v) is 2.09. The van der Waals surface area contributed by atoms with Gasteiger partial charge in [-0.1, -0.05) is 13.0 Å². The zero-order valence-electron chi connectivity index (χ0n) is 13.2. The largest absolute Gasteiger partial charge is 0.354 e. The Bertz CT molecular complexity index is 678. The van der Waals surface area contributed by atoms with Gasteiger partial charge in [0.25, 0.3) is 5.91 Å². The third-order valence-corrected chi connectivity index (χ3v) is 3.59. The van der Waals surface area contributed by atoms with Crippen molar-refractivity contribution in [3.05, 3.63) is 35.8 Å². The summed E-state index contributed by atoms with van der Waals surface area (Å²) in [7, 11) is 0. The second-order valence-corrected chi connectivity index (χ2v) is 5.40. The topological polar surface area (TPSA) is 75.5 Å². The number of carbonyl (C=O) groups excluding carboxylic acids is 2. The molecule has 0 saturated heterocycles. The van der Waals surface area contributed by atoms with Crippen LogP contribution in [0.15, 0.2) is 24.4 Å². The van der Waals surface area contributed by atoms with Crippen LogP contribution in [0.4, 0.5) is 0 Å². The lowest BCUT2D eigenvalue weighted by molar-refractivity contribution is -0.121. The number of imidazole rings is 1. The minimum absolute atomic E-state index is 0.0551. The number of carbonyl (C=O) groups is 2. The van der Waals surface area contributed by atoms with Crippen LogP contribution in [0.25, 0.3) is 5.65 Å². The number of hydrogen-bond donors (Lipinski definition) is 2. The highest BCUT2D eigenvalue weighted by molar-refractivity contribution is 5.93. The van der Waals surface area contributed by atoms with Gasteiger partial charge in [0.05, 0.1) is 0 Å². The van der Waals surface area contributed by atoms with Gasteiger partial charge in [-0.2, -0.15) is 0 Å². The van der Waals surface area contributed by atoms with Crippen LogP contribution in [0.2, 0.25) is 0 Å². The van der Waals surface area contributed by atoms with E-state index in [1.807, 2.05) is 43.4 Å². The number of nitrogens with zero attached hydrogens (tertiary/aromatic N) is 2. The molecule has 1 unspecified atom stereocenters. The van der Waals surface area contributed by atoms with Crippen LogP contribution >= 0.6 is 0 Å². The molecule has 0 aliphatic rings. The second-order valence-electron chi connectivity index (χ2n) is 5.40. The van der Waals surface area contributed by atoms with Crippen molar-refractivity contribution in [1.29, 1.82) is 0 Å². The predicted octanol–water partition coefficient (Wildman–Crippen LogP) is 1.68. The van der Waals surface area contributed by atoms with Crippen molar-refractivity contribution in [3.8, 4) is 0 Å². The van der Waals surface area contributed by atoms with E-state index in [0.29, 0.717) is 12.2 Å². The van der Waals surface area contributed by atoms with E-state index >= 15 is 0 Å². The van der Waals surface area contributed by atoms with E-state index in [2.05, 4.69) is 15.6 Å². The molecule has 2 N–H and O–H groups in total. The molecule has 0 spiro atoms. The molecule has 0 fully saturated rings. The first-order chi connectivity index (χ1) is 10.5. The number of rotatable bonds is 6. The molecule has 2 heterocycles. The van der Waals surface area contributed by atoms with Crippen molar-refractivity contribution in [2.45, 2.75) is 39.7 Å². The molecule has 0 aliphatic carbocycles. The molecule has 0 aromatic carbocycles. The summed E-state index contributed by atoms with van der Waals surface area (Å²) in [5.41, 5.74) is 2.10. The van der Waals surface area contributed by atoms with Crippen LogP contribution in [0.3, 0.4) is 0 Å². The SMILES string of the molecule is CCC(C)NC(=O)CCNC(=O)c1cn2c(C)cccc2n1. The van der Waals surface area contributed by atoms with Crippen LogP contribution in [-0.2, 0) is 4.79 Å². The maximum Gasteiger partial charge on any atom is 0.271 e. The van der Waals surface area contributed by atoms with Gasteiger partial charge in [-0.25, -0.2) is 4.98 Å². The van der Waals surface area contributed by atoms with E-state index in [-0.39, 0.29) is 24.3 Å². The van der Waals surface area contributed by atoms with Gasteiger partial charge in [-0.15, -0.1) is 0 Å². The highest BCUT2D eigenvalue weighted by Crippen LogP contribution is 2.08. The Kier molecular flexibility index (Phi) is 5.14. The van der Waals surface area contributed by atoms with Crippen molar-refractivity contribution >= 4 is 17.5 Å². The van der Waals surface area contributed by atoms with Gasteiger partial charge in [0.2, 0.25) is 5.91 Å². The number of nitrogens with one attached hydrogen (secondary N) is 2. The molecule has 0 saturated carbocycles. The molecule has 22 heavy (non-hydrogen) atoms.